The normalized spacial score (nSPS) is 10.1. The van der Waals surface area contributed by atoms with Crippen molar-refractivity contribution in [3.05, 3.63) is 59.4 Å². The molecule has 0 saturated heterocycles. The minimum absolute atomic E-state index is 0.161. The maximum absolute atomic E-state index is 12.1. The van der Waals surface area contributed by atoms with Gasteiger partial charge in [-0.2, -0.15) is 0 Å². The molecule has 20 heavy (non-hydrogen) atoms. The Morgan fingerprint density at radius 2 is 2.10 bits per heavy atom. The lowest BCUT2D eigenvalue weighted by molar-refractivity contribution is 0.0946. The van der Waals surface area contributed by atoms with Crippen molar-refractivity contribution in [3.63, 3.8) is 0 Å². The summed E-state index contributed by atoms with van der Waals surface area (Å²) in [5.41, 5.74) is 3.60. The van der Waals surface area contributed by atoms with Gasteiger partial charge in [0.05, 0.1) is 0 Å². The maximum Gasteiger partial charge on any atom is 0.270 e. The Morgan fingerprint density at radius 3 is 2.85 bits per heavy atom. The Bertz CT molecular complexity index is 596. The van der Waals surface area contributed by atoms with Crippen LogP contribution < -0.4 is 10.6 Å². The molecular formula is C16H19N3O. The van der Waals surface area contributed by atoms with E-state index in [4.69, 9.17) is 0 Å². The Kier molecular flexibility index (Phi) is 4.71. The molecule has 0 bridgehead atoms. The number of carbonyl (C=O) groups excluding carboxylic acids is 1. The molecule has 4 heteroatoms. The summed E-state index contributed by atoms with van der Waals surface area (Å²) in [7, 11) is 0. The lowest BCUT2D eigenvalue weighted by Gasteiger charge is -2.07. The van der Waals surface area contributed by atoms with Gasteiger partial charge in [-0.15, -0.1) is 0 Å². The fourth-order valence-electron chi connectivity index (χ4n) is 1.96. The molecule has 0 fully saturated rings. The predicted octanol–water partition coefficient (Wildman–Crippen LogP) is 2.75. The molecule has 0 aliphatic carbocycles. The van der Waals surface area contributed by atoms with Gasteiger partial charge in [0.2, 0.25) is 0 Å². The molecule has 0 aliphatic rings. The number of aromatic nitrogens is 1. The van der Waals surface area contributed by atoms with E-state index in [1.165, 1.54) is 5.56 Å². The minimum Gasteiger partial charge on any atom is -0.385 e. The third-order valence-corrected chi connectivity index (χ3v) is 2.91. The first kappa shape index (κ1) is 14.1. The molecule has 104 valence electrons. The van der Waals surface area contributed by atoms with Crippen molar-refractivity contribution >= 4 is 11.6 Å². The van der Waals surface area contributed by atoms with E-state index >= 15 is 0 Å². The third-order valence-electron chi connectivity index (χ3n) is 2.91. The average Bonchev–Trinajstić information content (AvgIpc) is 2.45. The van der Waals surface area contributed by atoms with Crippen molar-refractivity contribution in [1.82, 2.24) is 10.3 Å². The van der Waals surface area contributed by atoms with Gasteiger partial charge >= 0.3 is 0 Å². The molecule has 2 N–H and O–H groups in total. The van der Waals surface area contributed by atoms with Crippen molar-refractivity contribution < 1.29 is 4.79 Å². The molecule has 0 spiro atoms. The molecule has 0 radical (unpaired) electrons. The largest absolute Gasteiger partial charge is 0.385 e. The van der Waals surface area contributed by atoms with E-state index in [-0.39, 0.29) is 5.91 Å². The van der Waals surface area contributed by atoms with Crippen LogP contribution in [0.5, 0.6) is 0 Å². The second-order valence-electron chi connectivity index (χ2n) is 4.63. The molecule has 1 aromatic heterocycles. The van der Waals surface area contributed by atoms with Crippen LogP contribution in [-0.4, -0.2) is 17.4 Å². The van der Waals surface area contributed by atoms with Crippen molar-refractivity contribution in [2.45, 2.75) is 20.4 Å². The van der Waals surface area contributed by atoms with Crippen molar-refractivity contribution in [2.24, 2.45) is 0 Å². The van der Waals surface area contributed by atoms with Gasteiger partial charge in [-0.1, -0.05) is 29.8 Å². The topological polar surface area (TPSA) is 54.0 Å². The zero-order valence-corrected chi connectivity index (χ0v) is 11.8. The summed E-state index contributed by atoms with van der Waals surface area (Å²) >= 11 is 0. The Morgan fingerprint density at radius 1 is 1.25 bits per heavy atom. The smallest absolute Gasteiger partial charge is 0.270 e. The molecule has 1 aromatic carbocycles. The Hall–Kier alpha value is -2.36. The minimum atomic E-state index is -0.161. The van der Waals surface area contributed by atoms with Crippen LogP contribution in [0.1, 0.15) is 28.5 Å². The number of hydrogen-bond donors (Lipinski definition) is 2. The number of carbonyl (C=O) groups is 1. The van der Waals surface area contributed by atoms with Gasteiger partial charge in [-0.3, -0.25) is 9.78 Å². The van der Waals surface area contributed by atoms with Crippen LogP contribution in [0.25, 0.3) is 0 Å². The number of nitrogens with one attached hydrogen (secondary N) is 2. The highest BCUT2D eigenvalue weighted by Gasteiger charge is 2.07. The lowest BCUT2D eigenvalue weighted by Crippen LogP contribution is -2.23. The number of hydrogen-bond acceptors (Lipinski definition) is 3. The highest BCUT2D eigenvalue weighted by atomic mass is 16.1. The standard InChI is InChI=1S/C16H19N3O/c1-3-17-14-7-8-18-15(10-14)16(20)19-11-13-6-4-5-12(2)9-13/h4-10H,3,11H2,1-2H3,(H,17,18)(H,19,20). The van der Waals surface area contributed by atoms with Crippen molar-refractivity contribution in [2.75, 3.05) is 11.9 Å². The van der Waals surface area contributed by atoms with E-state index in [0.717, 1.165) is 17.8 Å². The summed E-state index contributed by atoms with van der Waals surface area (Å²) in [6.07, 6.45) is 1.64. The quantitative estimate of drug-likeness (QED) is 0.877. The molecule has 0 aliphatic heterocycles. The second kappa shape index (κ2) is 6.70. The fraction of sp³-hybridized carbons (Fsp3) is 0.250. The summed E-state index contributed by atoms with van der Waals surface area (Å²) in [5.74, 6) is -0.161. The van der Waals surface area contributed by atoms with Crippen LogP contribution in [0.2, 0.25) is 0 Å². The SMILES string of the molecule is CCNc1ccnc(C(=O)NCc2cccc(C)c2)c1. The van der Waals surface area contributed by atoms with E-state index in [2.05, 4.69) is 21.7 Å². The number of aryl methyl sites for hydroxylation is 1. The van der Waals surface area contributed by atoms with E-state index in [0.29, 0.717) is 12.2 Å². The van der Waals surface area contributed by atoms with Crippen LogP contribution in [0.4, 0.5) is 5.69 Å². The summed E-state index contributed by atoms with van der Waals surface area (Å²) in [5, 5.41) is 6.05. The monoisotopic (exact) mass is 269 g/mol. The van der Waals surface area contributed by atoms with Gasteiger partial charge in [-0.25, -0.2) is 0 Å². The van der Waals surface area contributed by atoms with Crippen molar-refractivity contribution in [3.8, 4) is 0 Å². The highest BCUT2D eigenvalue weighted by Crippen LogP contribution is 2.08. The molecule has 1 amide bonds. The first-order valence-corrected chi connectivity index (χ1v) is 6.72. The zero-order valence-electron chi connectivity index (χ0n) is 11.8. The first-order valence-electron chi connectivity index (χ1n) is 6.72. The molecule has 0 unspecified atom stereocenters. The summed E-state index contributed by atoms with van der Waals surface area (Å²) in [4.78, 5) is 16.2. The van der Waals surface area contributed by atoms with Gasteiger partial charge in [0, 0.05) is 25.0 Å². The molecule has 1 heterocycles. The summed E-state index contributed by atoms with van der Waals surface area (Å²) in [6, 6.07) is 11.7. The molecular weight excluding hydrogens is 250 g/mol. The van der Waals surface area contributed by atoms with Gasteiger partial charge in [0.25, 0.3) is 5.91 Å². The van der Waals surface area contributed by atoms with Gasteiger partial charge in [0.15, 0.2) is 0 Å². The predicted molar refractivity (Wildman–Crippen MR) is 80.7 cm³/mol. The van der Waals surface area contributed by atoms with Crippen LogP contribution in [0.3, 0.4) is 0 Å². The van der Waals surface area contributed by atoms with Crippen molar-refractivity contribution in [1.29, 1.82) is 0 Å². The lowest BCUT2D eigenvalue weighted by atomic mass is 10.1. The van der Waals surface area contributed by atoms with Gasteiger partial charge < -0.3 is 10.6 Å². The van der Waals surface area contributed by atoms with E-state index in [1.54, 1.807) is 12.3 Å². The van der Waals surface area contributed by atoms with Crippen LogP contribution in [-0.2, 0) is 6.54 Å². The van der Waals surface area contributed by atoms with Gasteiger partial charge in [0.1, 0.15) is 5.69 Å². The molecule has 2 rings (SSSR count). The van der Waals surface area contributed by atoms with Gasteiger partial charge in [-0.05, 0) is 31.5 Å². The van der Waals surface area contributed by atoms with E-state index in [9.17, 15) is 4.79 Å². The summed E-state index contributed by atoms with van der Waals surface area (Å²) in [6.45, 7) is 5.37. The highest BCUT2D eigenvalue weighted by molar-refractivity contribution is 5.93. The second-order valence-corrected chi connectivity index (χ2v) is 4.63. The number of rotatable bonds is 5. The number of pyridine rings is 1. The molecule has 0 saturated carbocycles. The first-order chi connectivity index (χ1) is 9.69. The number of benzene rings is 1. The van der Waals surface area contributed by atoms with Crippen LogP contribution >= 0.6 is 0 Å². The zero-order chi connectivity index (χ0) is 14.4. The number of anilines is 1. The molecule has 2 aromatic rings. The Labute approximate surface area is 119 Å². The maximum atomic E-state index is 12.1. The fourth-order valence-corrected chi connectivity index (χ4v) is 1.96. The Balaban J connectivity index is 1.99. The number of amides is 1. The third kappa shape index (κ3) is 3.82. The molecule has 0 atom stereocenters. The van der Waals surface area contributed by atoms with Crippen LogP contribution in [0.15, 0.2) is 42.6 Å². The van der Waals surface area contributed by atoms with E-state index in [1.807, 2.05) is 38.1 Å². The van der Waals surface area contributed by atoms with Crippen LogP contribution in [0, 0.1) is 6.92 Å². The van der Waals surface area contributed by atoms with E-state index < -0.39 is 0 Å². The summed E-state index contributed by atoms with van der Waals surface area (Å²) < 4.78 is 0. The molecule has 4 nitrogen and oxygen atoms in total. The average molecular weight is 269 g/mol. The number of nitrogens with zero attached hydrogens (tertiary/aromatic N) is 1.